The van der Waals surface area contributed by atoms with Crippen molar-refractivity contribution in [1.29, 1.82) is 5.26 Å². The van der Waals surface area contributed by atoms with Crippen LogP contribution in [0.1, 0.15) is 38.1 Å². The number of hydrazone groups is 1. The number of pyridine rings is 1. The highest BCUT2D eigenvalue weighted by molar-refractivity contribution is 14.2. The summed E-state index contributed by atoms with van der Waals surface area (Å²) < 4.78 is 43.7. The number of hydrogen-bond donors (Lipinski definition) is 0. The van der Waals surface area contributed by atoms with Gasteiger partial charge in [0, 0.05) is 37.6 Å². The quantitative estimate of drug-likeness (QED) is 0.114. The van der Waals surface area contributed by atoms with Crippen molar-refractivity contribution in [3.63, 3.8) is 0 Å². The molecule has 2 rings (SSSR count). The van der Waals surface area contributed by atoms with Crippen molar-refractivity contribution in [3.05, 3.63) is 40.9 Å². The number of carbonyl (C=O) groups excluding carboxylic acids is 1. The third-order valence-corrected chi connectivity index (χ3v) is 7.12. The first-order valence-electron chi connectivity index (χ1n) is 9.94. The summed E-state index contributed by atoms with van der Waals surface area (Å²) in [7, 11) is 0. The molecule has 0 aliphatic carbocycles. The molecule has 0 N–H and O–H groups in total. The van der Waals surface area contributed by atoms with Crippen LogP contribution in [0.15, 0.2) is 34.7 Å². The van der Waals surface area contributed by atoms with Crippen molar-refractivity contribution in [3.8, 4) is 6.07 Å². The van der Waals surface area contributed by atoms with E-state index in [2.05, 4.69) is 16.2 Å². The zero-order valence-electron chi connectivity index (χ0n) is 18.0. The van der Waals surface area contributed by atoms with Crippen LogP contribution in [0.3, 0.4) is 0 Å². The summed E-state index contributed by atoms with van der Waals surface area (Å²) in [5.74, 6) is 0. The van der Waals surface area contributed by atoms with Crippen molar-refractivity contribution in [1.82, 2.24) is 19.6 Å². The first-order valence-corrected chi connectivity index (χ1v) is 14.0. The Labute approximate surface area is 200 Å². The fraction of sp³-hybridized carbons (Fsp3) is 0.500. The maximum absolute atomic E-state index is 14.2. The van der Waals surface area contributed by atoms with Crippen LogP contribution in [0.25, 0.3) is 0 Å². The van der Waals surface area contributed by atoms with Crippen LogP contribution in [0.4, 0.5) is 13.2 Å². The van der Waals surface area contributed by atoms with Crippen molar-refractivity contribution in [2.24, 2.45) is 5.10 Å². The zero-order valence-corrected chi connectivity index (χ0v) is 21.1. The highest BCUT2D eigenvalue weighted by atomic mass is 127. The molecule has 1 fully saturated rings. The van der Waals surface area contributed by atoms with E-state index in [9.17, 15) is 23.2 Å². The maximum Gasteiger partial charge on any atom is 0.408 e. The van der Waals surface area contributed by atoms with Gasteiger partial charge in [0.1, 0.15) is 6.04 Å². The molecule has 1 saturated heterocycles. The standard InChI is InChI=1S/C20H25F3IN6OP/c1-4-17-16(6-5-7-26-17)19(20(21,22)23)28-8-9-29(15(3)12-28)18(14(2)10-25)11-27-30(13-31)32-24/h5-7,11,13,15,19,32H,4,8-9,12H2,1-3H3/b18-14-,27-11-. The Morgan fingerprint density at radius 2 is 2.25 bits per heavy atom. The van der Waals surface area contributed by atoms with Gasteiger partial charge in [0.25, 0.3) is 0 Å². The van der Waals surface area contributed by atoms with Gasteiger partial charge in [0.15, 0.2) is 0 Å². The number of aryl methyl sites for hydroxylation is 1. The molecule has 1 aromatic heterocycles. The van der Waals surface area contributed by atoms with Crippen LogP contribution >= 0.6 is 28.4 Å². The normalized spacial score (nSPS) is 19.8. The van der Waals surface area contributed by atoms with Crippen LogP contribution in [0.5, 0.6) is 0 Å². The third kappa shape index (κ3) is 6.39. The zero-order chi connectivity index (χ0) is 23.9. The largest absolute Gasteiger partial charge is 0.408 e. The molecule has 3 unspecified atom stereocenters. The molecule has 32 heavy (non-hydrogen) atoms. The number of aromatic nitrogens is 1. The van der Waals surface area contributed by atoms with Gasteiger partial charge in [0.2, 0.25) is 6.41 Å². The molecule has 12 heteroatoms. The monoisotopic (exact) mass is 580 g/mol. The summed E-state index contributed by atoms with van der Waals surface area (Å²) in [5, 5.41) is 13.5. The van der Waals surface area contributed by atoms with Gasteiger partial charge >= 0.3 is 6.18 Å². The highest BCUT2D eigenvalue weighted by Crippen LogP contribution is 2.40. The van der Waals surface area contributed by atoms with E-state index in [4.69, 9.17) is 0 Å². The summed E-state index contributed by atoms with van der Waals surface area (Å²) >= 11 is 2.01. The summed E-state index contributed by atoms with van der Waals surface area (Å²) in [4.78, 5) is 18.5. The summed E-state index contributed by atoms with van der Waals surface area (Å²) in [6, 6.07) is 3.05. The van der Waals surface area contributed by atoms with Crippen LogP contribution < -0.4 is 0 Å². The number of hydrogen-bond acceptors (Lipinski definition) is 6. The molecule has 7 nitrogen and oxygen atoms in total. The van der Waals surface area contributed by atoms with E-state index < -0.39 is 12.2 Å². The first kappa shape index (κ1) is 26.5. The lowest BCUT2D eigenvalue weighted by atomic mass is 9.99. The van der Waals surface area contributed by atoms with Gasteiger partial charge in [-0.25, -0.2) is 4.78 Å². The predicted octanol–water partition coefficient (Wildman–Crippen LogP) is 4.44. The van der Waals surface area contributed by atoms with E-state index in [1.807, 2.05) is 33.9 Å². The van der Waals surface area contributed by atoms with Crippen molar-refractivity contribution < 1.29 is 18.0 Å². The van der Waals surface area contributed by atoms with Crippen LogP contribution in [0.2, 0.25) is 0 Å². The minimum Gasteiger partial charge on any atom is -0.364 e. The topological polar surface area (TPSA) is 75.8 Å². The Morgan fingerprint density at radius 1 is 1.53 bits per heavy atom. The number of allylic oxidation sites excluding steroid dienone is 2. The minimum atomic E-state index is -4.46. The van der Waals surface area contributed by atoms with Gasteiger partial charge in [0.05, 0.1) is 29.9 Å². The summed E-state index contributed by atoms with van der Waals surface area (Å²) in [5.41, 5.74) is 1.50. The number of amides is 1. The second kappa shape index (κ2) is 11.9. The number of carbonyl (C=O) groups is 1. The van der Waals surface area contributed by atoms with E-state index in [-0.39, 0.29) is 37.6 Å². The Morgan fingerprint density at radius 3 is 2.78 bits per heavy atom. The molecule has 2 heterocycles. The van der Waals surface area contributed by atoms with Gasteiger partial charge in [-0.15, -0.1) is 0 Å². The molecular formula is C20H25F3IN6OP. The second-order valence-electron chi connectivity index (χ2n) is 7.28. The van der Waals surface area contributed by atoms with Gasteiger partial charge in [-0.2, -0.15) is 23.5 Å². The lowest BCUT2D eigenvalue weighted by Crippen LogP contribution is -2.54. The molecule has 0 saturated carbocycles. The van der Waals surface area contributed by atoms with E-state index in [0.29, 0.717) is 29.8 Å². The molecule has 1 amide bonds. The molecule has 0 radical (unpaired) electrons. The van der Waals surface area contributed by atoms with Crippen molar-refractivity contribution >= 4 is 41.0 Å². The molecule has 1 aliphatic heterocycles. The Bertz CT molecular complexity index is 904. The molecule has 174 valence electrons. The van der Waals surface area contributed by atoms with E-state index in [1.165, 1.54) is 34.2 Å². The van der Waals surface area contributed by atoms with Gasteiger partial charge in [-0.05, 0) is 53.9 Å². The third-order valence-electron chi connectivity index (χ3n) is 5.24. The second-order valence-corrected chi connectivity index (χ2v) is 9.35. The number of nitriles is 1. The first-order chi connectivity index (χ1) is 15.2. The average Bonchev–Trinajstić information content (AvgIpc) is 2.76. The predicted molar refractivity (Wildman–Crippen MR) is 127 cm³/mol. The Hall–Kier alpha value is -1.77. The number of rotatable bonds is 8. The van der Waals surface area contributed by atoms with E-state index in [1.54, 1.807) is 13.8 Å². The fourth-order valence-electron chi connectivity index (χ4n) is 3.78. The molecule has 1 aliphatic rings. The molecule has 0 aromatic carbocycles. The number of halogens is 4. The lowest BCUT2D eigenvalue weighted by Gasteiger charge is -2.45. The minimum absolute atomic E-state index is 0.0883. The van der Waals surface area contributed by atoms with Crippen molar-refractivity contribution in [2.75, 3.05) is 19.6 Å². The van der Waals surface area contributed by atoms with Gasteiger partial charge < -0.3 is 4.90 Å². The summed E-state index contributed by atoms with van der Waals surface area (Å²) in [6.07, 6.45) is -0.435. The smallest absolute Gasteiger partial charge is 0.364 e. The number of nitrogens with zero attached hydrogens (tertiary/aromatic N) is 6. The van der Waals surface area contributed by atoms with Gasteiger partial charge in [-0.1, -0.05) is 13.0 Å². The Balaban J connectivity index is 2.34. The van der Waals surface area contributed by atoms with Crippen LogP contribution in [0, 0.1) is 11.3 Å². The lowest BCUT2D eigenvalue weighted by molar-refractivity contribution is -0.192. The average molecular weight is 580 g/mol. The maximum atomic E-state index is 14.2. The van der Waals surface area contributed by atoms with E-state index in [0.717, 1.165) is 0 Å². The fourth-order valence-corrected chi connectivity index (χ4v) is 4.64. The Kier molecular flexibility index (Phi) is 9.85. The molecule has 3 atom stereocenters. The molecule has 0 spiro atoms. The SMILES string of the molecule is CCc1ncccc1C(N1CCN(C(/C=N\N(C=O)PI)=C(/C)C#N)C(C)C1)C(F)(F)F. The van der Waals surface area contributed by atoms with Crippen LogP contribution in [-0.4, -0.2) is 64.0 Å². The van der Waals surface area contributed by atoms with Crippen LogP contribution in [-0.2, 0) is 11.2 Å². The molecule has 0 bridgehead atoms. The molecular weight excluding hydrogens is 555 g/mol. The number of alkyl halides is 3. The summed E-state index contributed by atoms with van der Waals surface area (Å²) in [6.45, 7) is 5.81. The van der Waals surface area contributed by atoms with E-state index >= 15 is 0 Å². The molecule has 1 aromatic rings. The number of piperazine rings is 1. The highest BCUT2D eigenvalue weighted by Gasteiger charge is 2.47. The van der Waals surface area contributed by atoms with Crippen molar-refractivity contribution in [2.45, 2.75) is 45.5 Å². The van der Waals surface area contributed by atoms with Gasteiger partial charge in [-0.3, -0.25) is 14.7 Å².